The highest BCUT2D eigenvalue weighted by atomic mass is 16.2. The van der Waals surface area contributed by atoms with Gasteiger partial charge >= 0.3 is 0 Å². The van der Waals surface area contributed by atoms with Crippen molar-refractivity contribution in [2.45, 2.75) is 77.2 Å². The van der Waals surface area contributed by atoms with E-state index in [1.165, 1.54) is 64.5 Å². The molecule has 2 saturated heterocycles. The third kappa shape index (κ3) is 4.24. The minimum Gasteiger partial charge on any atom is -0.342 e. The first-order valence-electron chi connectivity index (χ1n) is 9.74. The number of piperidine rings is 1. The molecule has 1 amide bonds. The van der Waals surface area contributed by atoms with Crippen LogP contribution in [-0.4, -0.2) is 47.9 Å². The monoisotopic (exact) mass is 306 g/mol. The predicted octanol–water partition coefficient (Wildman–Crippen LogP) is 3.68. The van der Waals surface area contributed by atoms with E-state index >= 15 is 0 Å². The minimum atomic E-state index is 0.429. The molecule has 3 rings (SSSR count). The maximum absolute atomic E-state index is 12.5. The number of likely N-dealkylation sites (tertiary alicyclic amines) is 2. The van der Waals surface area contributed by atoms with E-state index in [1.54, 1.807) is 0 Å². The minimum absolute atomic E-state index is 0.429. The lowest BCUT2D eigenvalue weighted by molar-refractivity contribution is -0.131. The first-order chi connectivity index (χ1) is 10.7. The van der Waals surface area contributed by atoms with Crippen molar-refractivity contribution >= 4 is 5.91 Å². The van der Waals surface area contributed by atoms with E-state index in [1.807, 2.05) is 0 Å². The molecule has 3 heteroatoms. The molecule has 0 aromatic heterocycles. The average molecular weight is 306 g/mol. The summed E-state index contributed by atoms with van der Waals surface area (Å²) in [5.41, 5.74) is 0. The normalized spacial score (nSPS) is 33.0. The summed E-state index contributed by atoms with van der Waals surface area (Å²) in [6, 6.07) is 0.656. The summed E-state index contributed by atoms with van der Waals surface area (Å²) in [6.07, 6.45) is 12.6. The molecular formula is C19H34N2O. The highest BCUT2D eigenvalue weighted by Crippen LogP contribution is 2.27. The van der Waals surface area contributed by atoms with Gasteiger partial charge in [-0.15, -0.1) is 0 Å². The second-order valence-electron chi connectivity index (χ2n) is 8.07. The summed E-state index contributed by atoms with van der Waals surface area (Å²) in [7, 11) is 0. The van der Waals surface area contributed by atoms with Crippen molar-refractivity contribution < 1.29 is 4.79 Å². The van der Waals surface area contributed by atoms with E-state index in [4.69, 9.17) is 0 Å². The highest BCUT2D eigenvalue weighted by molar-refractivity contribution is 5.76. The summed E-state index contributed by atoms with van der Waals surface area (Å²) < 4.78 is 0. The number of nitrogens with zero attached hydrogens (tertiary/aromatic N) is 2. The third-order valence-corrected chi connectivity index (χ3v) is 6.18. The summed E-state index contributed by atoms with van der Waals surface area (Å²) in [4.78, 5) is 17.4. The number of rotatable bonds is 3. The van der Waals surface area contributed by atoms with Crippen LogP contribution in [0, 0.1) is 11.8 Å². The van der Waals surface area contributed by atoms with Gasteiger partial charge < -0.3 is 9.80 Å². The summed E-state index contributed by atoms with van der Waals surface area (Å²) >= 11 is 0. The Labute approximate surface area is 136 Å². The van der Waals surface area contributed by atoms with Gasteiger partial charge in [0.05, 0.1) is 0 Å². The quantitative estimate of drug-likeness (QED) is 0.794. The van der Waals surface area contributed by atoms with E-state index in [2.05, 4.69) is 16.7 Å². The van der Waals surface area contributed by atoms with Crippen LogP contribution < -0.4 is 0 Å². The van der Waals surface area contributed by atoms with Gasteiger partial charge in [0, 0.05) is 32.1 Å². The second-order valence-corrected chi connectivity index (χ2v) is 8.07. The van der Waals surface area contributed by atoms with Crippen LogP contribution in [0.3, 0.4) is 0 Å². The maximum atomic E-state index is 12.5. The van der Waals surface area contributed by atoms with Crippen LogP contribution in [0.15, 0.2) is 0 Å². The van der Waals surface area contributed by atoms with Gasteiger partial charge in [-0.05, 0) is 56.9 Å². The lowest BCUT2D eigenvalue weighted by Crippen LogP contribution is -2.42. The van der Waals surface area contributed by atoms with Crippen LogP contribution in [0.1, 0.15) is 71.1 Å². The van der Waals surface area contributed by atoms with E-state index in [-0.39, 0.29) is 0 Å². The molecule has 22 heavy (non-hydrogen) atoms. The van der Waals surface area contributed by atoms with Crippen molar-refractivity contribution in [1.82, 2.24) is 9.80 Å². The molecule has 3 fully saturated rings. The molecule has 0 aromatic carbocycles. The molecule has 0 aromatic rings. The van der Waals surface area contributed by atoms with E-state index in [0.29, 0.717) is 11.9 Å². The molecule has 2 atom stereocenters. The zero-order chi connectivity index (χ0) is 15.4. The maximum Gasteiger partial charge on any atom is 0.222 e. The van der Waals surface area contributed by atoms with Gasteiger partial charge in [-0.1, -0.05) is 26.2 Å². The Morgan fingerprint density at radius 2 is 1.77 bits per heavy atom. The Bertz CT molecular complexity index is 364. The molecule has 0 bridgehead atoms. The fourth-order valence-electron chi connectivity index (χ4n) is 4.82. The number of hydrogen-bond donors (Lipinski definition) is 0. The lowest BCUT2D eigenvalue weighted by atomic mass is 9.89. The molecule has 0 radical (unpaired) electrons. The summed E-state index contributed by atoms with van der Waals surface area (Å²) in [5.74, 6) is 2.05. The zero-order valence-electron chi connectivity index (χ0n) is 14.4. The van der Waals surface area contributed by atoms with E-state index in [9.17, 15) is 4.79 Å². The predicted molar refractivity (Wildman–Crippen MR) is 90.8 cm³/mol. The van der Waals surface area contributed by atoms with E-state index in [0.717, 1.165) is 37.8 Å². The van der Waals surface area contributed by atoms with E-state index < -0.39 is 0 Å². The molecule has 3 aliphatic rings. The summed E-state index contributed by atoms with van der Waals surface area (Å²) in [6.45, 7) is 6.93. The molecule has 0 N–H and O–H groups in total. The highest BCUT2D eigenvalue weighted by Gasteiger charge is 2.29. The molecule has 2 unspecified atom stereocenters. The molecular weight excluding hydrogens is 272 g/mol. The van der Waals surface area contributed by atoms with Crippen LogP contribution in [0.2, 0.25) is 0 Å². The fourth-order valence-corrected chi connectivity index (χ4v) is 4.82. The molecule has 3 nitrogen and oxygen atoms in total. The molecule has 1 saturated carbocycles. The average Bonchev–Trinajstić information content (AvgIpc) is 2.71. The smallest absolute Gasteiger partial charge is 0.222 e. The van der Waals surface area contributed by atoms with Crippen molar-refractivity contribution in [1.29, 1.82) is 0 Å². The number of amides is 1. The zero-order valence-corrected chi connectivity index (χ0v) is 14.4. The molecule has 0 spiro atoms. The van der Waals surface area contributed by atoms with Gasteiger partial charge in [-0.2, -0.15) is 0 Å². The van der Waals surface area contributed by atoms with Gasteiger partial charge in [-0.3, -0.25) is 4.79 Å². The summed E-state index contributed by atoms with van der Waals surface area (Å²) in [5, 5.41) is 0. The van der Waals surface area contributed by atoms with Gasteiger partial charge in [-0.25, -0.2) is 0 Å². The Balaban J connectivity index is 1.52. The van der Waals surface area contributed by atoms with Crippen molar-refractivity contribution in [3.63, 3.8) is 0 Å². The molecule has 2 aliphatic heterocycles. The third-order valence-electron chi connectivity index (χ3n) is 6.18. The standard InChI is InChI=1S/C19H34N2O/c1-16-6-5-12-20(14-16)18-9-10-19(22)21(13-11-18)15-17-7-3-2-4-8-17/h16-18H,2-15H2,1H3. The van der Waals surface area contributed by atoms with Crippen molar-refractivity contribution in [3.05, 3.63) is 0 Å². The second kappa shape index (κ2) is 7.81. The van der Waals surface area contributed by atoms with Crippen molar-refractivity contribution in [2.24, 2.45) is 11.8 Å². The van der Waals surface area contributed by atoms with Crippen molar-refractivity contribution in [3.8, 4) is 0 Å². The van der Waals surface area contributed by atoms with Crippen LogP contribution in [0.5, 0.6) is 0 Å². The van der Waals surface area contributed by atoms with Crippen LogP contribution in [-0.2, 0) is 4.79 Å². The Kier molecular flexibility index (Phi) is 5.78. The van der Waals surface area contributed by atoms with Gasteiger partial charge in [0.25, 0.3) is 0 Å². The topological polar surface area (TPSA) is 23.6 Å². The molecule has 126 valence electrons. The molecule has 1 aliphatic carbocycles. The molecule has 2 heterocycles. The largest absolute Gasteiger partial charge is 0.342 e. The van der Waals surface area contributed by atoms with Crippen LogP contribution in [0.4, 0.5) is 0 Å². The first-order valence-corrected chi connectivity index (χ1v) is 9.74. The van der Waals surface area contributed by atoms with Crippen LogP contribution >= 0.6 is 0 Å². The lowest BCUT2D eigenvalue weighted by Gasteiger charge is -2.37. The number of carbonyl (C=O) groups is 1. The Morgan fingerprint density at radius 3 is 2.55 bits per heavy atom. The van der Waals surface area contributed by atoms with Gasteiger partial charge in [0.2, 0.25) is 5.91 Å². The fraction of sp³-hybridized carbons (Fsp3) is 0.947. The Hall–Kier alpha value is -0.570. The van der Waals surface area contributed by atoms with Crippen LogP contribution in [0.25, 0.3) is 0 Å². The SMILES string of the molecule is CC1CCCN(C2CCC(=O)N(CC3CCCCC3)CC2)C1. The van der Waals surface area contributed by atoms with Gasteiger partial charge in [0.15, 0.2) is 0 Å². The Morgan fingerprint density at radius 1 is 0.955 bits per heavy atom. The van der Waals surface area contributed by atoms with Gasteiger partial charge in [0.1, 0.15) is 0 Å². The first kappa shape index (κ1) is 16.3. The van der Waals surface area contributed by atoms with Crippen molar-refractivity contribution in [2.75, 3.05) is 26.2 Å². The number of carbonyl (C=O) groups excluding carboxylic acids is 1. The number of hydrogen-bond acceptors (Lipinski definition) is 2.